The van der Waals surface area contributed by atoms with Gasteiger partial charge in [-0.25, -0.2) is 0 Å². The van der Waals surface area contributed by atoms with Gasteiger partial charge < -0.3 is 14.7 Å². The Balaban J connectivity index is 1.64. The first kappa shape index (κ1) is 22.6. The lowest BCUT2D eigenvalue weighted by Crippen LogP contribution is -2.56. The van der Waals surface area contributed by atoms with Gasteiger partial charge in [-0.3, -0.25) is 4.79 Å². The van der Waals surface area contributed by atoms with E-state index < -0.39 is 5.60 Å². The maximum Gasteiger partial charge on any atom is 0.247 e. The van der Waals surface area contributed by atoms with Gasteiger partial charge in [-0.05, 0) is 48.4 Å². The number of benzene rings is 2. The van der Waals surface area contributed by atoms with Gasteiger partial charge in [0.2, 0.25) is 5.91 Å². The van der Waals surface area contributed by atoms with E-state index >= 15 is 0 Å². The molecule has 1 aliphatic carbocycles. The number of nitrogens with zero attached hydrogens (tertiary/aromatic N) is 1. The molecule has 0 radical (unpaired) electrons. The number of hydrogen-bond acceptors (Lipinski definition) is 3. The third-order valence-electron chi connectivity index (χ3n) is 7.33. The smallest absolute Gasteiger partial charge is 0.247 e. The first-order valence-electron chi connectivity index (χ1n) is 11.9. The summed E-state index contributed by atoms with van der Waals surface area (Å²) >= 11 is 0. The Morgan fingerprint density at radius 1 is 1.12 bits per heavy atom. The molecule has 4 heteroatoms. The molecule has 2 aromatic carbocycles. The molecule has 1 saturated heterocycles. The predicted octanol–water partition coefficient (Wildman–Crippen LogP) is 5.73. The average Bonchev–Trinajstić information content (AvgIpc) is 2.81. The Morgan fingerprint density at radius 3 is 2.59 bits per heavy atom. The van der Waals surface area contributed by atoms with Gasteiger partial charge in [-0.1, -0.05) is 69.2 Å². The number of amides is 1. The molecule has 1 N–H and O–H groups in total. The second-order valence-corrected chi connectivity index (χ2v) is 9.58. The van der Waals surface area contributed by atoms with E-state index in [-0.39, 0.29) is 17.9 Å². The normalized spacial score (nSPS) is 25.7. The second kappa shape index (κ2) is 9.50. The summed E-state index contributed by atoms with van der Waals surface area (Å²) in [6.07, 6.45) is 8.07. The van der Waals surface area contributed by atoms with Gasteiger partial charge in [-0.15, -0.1) is 0 Å². The van der Waals surface area contributed by atoms with Crippen LogP contribution in [0.4, 0.5) is 0 Å². The topological polar surface area (TPSA) is 49.8 Å². The summed E-state index contributed by atoms with van der Waals surface area (Å²) in [5.74, 6) is 1.27. The Labute approximate surface area is 191 Å². The van der Waals surface area contributed by atoms with Crippen LogP contribution < -0.4 is 4.74 Å². The largest absolute Gasteiger partial charge is 0.496 e. The van der Waals surface area contributed by atoms with Gasteiger partial charge in [0.25, 0.3) is 0 Å². The van der Waals surface area contributed by atoms with Gasteiger partial charge in [0.05, 0.1) is 18.8 Å². The number of para-hydroxylation sites is 1. The summed E-state index contributed by atoms with van der Waals surface area (Å²) in [4.78, 5) is 15.4. The Bertz CT molecular complexity index is 965. The van der Waals surface area contributed by atoms with Crippen molar-refractivity contribution in [2.45, 2.75) is 63.5 Å². The second-order valence-electron chi connectivity index (χ2n) is 9.58. The lowest BCUT2D eigenvalue weighted by atomic mass is 9.66. The summed E-state index contributed by atoms with van der Waals surface area (Å²) in [6, 6.07) is 16.1. The molecule has 2 aromatic rings. The van der Waals surface area contributed by atoms with Crippen LogP contribution in [0.15, 0.2) is 54.6 Å². The monoisotopic (exact) mass is 433 g/mol. The predicted molar refractivity (Wildman–Crippen MR) is 129 cm³/mol. The van der Waals surface area contributed by atoms with Crippen molar-refractivity contribution in [3.8, 4) is 5.75 Å². The highest BCUT2D eigenvalue weighted by Crippen LogP contribution is 2.50. The molecule has 4 nitrogen and oxygen atoms in total. The van der Waals surface area contributed by atoms with Crippen LogP contribution in [0, 0.1) is 5.92 Å². The number of carbonyl (C=O) groups is 1. The van der Waals surface area contributed by atoms with Crippen molar-refractivity contribution in [1.29, 1.82) is 0 Å². The van der Waals surface area contributed by atoms with Crippen LogP contribution in [0.5, 0.6) is 5.75 Å². The Hall–Kier alpha value is -2.59. The quantitative estimate of drug-likeness (QED) is 0.613. The lowest BCUT2D eigenvalue weighted by molar-refractivity contribution is -0.151. The SMILES string of the molecule is COc1ccccc1[C@H]1C2CCCCC2(O)CCN1C(=O)/C=C/c1ccc(C(C)C)cc1. The fourth-order valence-corrected chi connectivity index (χ4v) is 5.48. The van der Waals surface area contributed by atoms with E-state index in [4.69, 9.17) is 4.74 Å². The summed E-state index contributed by atoms with van der Waals surface area (Å²) in [7, 11) is 1.67. The third kappa shape index (κ3) is 4.47. The molecule has 1 aliphatic heterocycles. The molecule has 0 aromatic heterocycles. The minimum atomic E-state index is -0.711. The Kier molecular flexibility index (Phi) is 6.71. The molecule has 1 amide bonds. The summed E-state index contributed by atoms with van der Waals surface area (Å²) in [6.45, 7) is 4.90. The van der Waals surface area contributed by atoms with E-state index in [0.29, 0.717) is 18.9 Å². The van der Waals surface area contributed by atoms with E-state index in [1.807, 2.05) is 35.2 Å². The molecule has 2 fully saturated rings. The zero-order chi connectivity index (χ0) is 22.7. The maximum atomic E-state index is 13.4. The number of fused-ring (bicyclic) bond motifs is 1. The number of aliphatic hydroxyl groups is 1. The molecule has 1 saturated carbocycles. The number of methoxy groups -OCH3 is 1. The fraction of sp³-hybridized carbons (Fsp3) is 0.464. The standard InChI is InChI=1S/C28H35NO3/c1-20(2)22-14-11-21(12-15-22)13-16-26(30)29-19-18-28(31)17-7-6-9-24(28)27(29)23-8-4-5-10-25(23)32-3/h4-5,8,10-16,20,24,27,31H,6-7,9,17-19H2,1-3H3/b16-13+/t24?,27-,28?/m0/s1. The minimum absolute atomic E-state index is 0.0125. The fourth-order valence-electron chi connectivity index (χ4n) is 5.48. The first-order valence-corrected chi connectivity index (χ1v) is 11.9. The third-order valence-corrected chi connectivity index (χ3v) is 7.33. The minimum Gasteiger partial charge on any atom is -0.496 e. The van der Waals surface area contributed by atoms with Crippen LogP contribution >= 0.6 is 0 Å². The van der Waals surface area contributed by atoms with Crippen molar-refractivity contribution in [2.75, 3.05) is 13.7 Å². The summed E-state index contributed by atoms with van der Waals surface area (Å²) < 4.78 is 5.66. The molecule has 2 aliphatic rings. The Morgan fingerprint density at radius 2 is 1.88 bits per heavy atom. The van der Waals surface area contributed by atoms with Crippen molar-refractivity contribution in [1.82, 2.24) is 4.90 Å². The van der Waals surface area contributed by atoms with E-state index in [9.17, 15) is 9.90 Å². The molecule has 0 spiro atoms. The lowest BCUT2D eigenvalue weighted by Gasteiger charge is -2.52. The van der Waals surface area contributed by atoms with Crippen molar-refractivity contribution >= 4 is 12.0 Å². The number of hydrogen-bond donors (Lipinski definition) is 1. The zero-order valence-corrected chi connectivity index (χ0v) is 19.5. The van der Waals surface area contributed by atoms with Crippen LogP contribution in [-0.4, -0.2) is 35.2 Å². The van der Waals surface area contributed by atoms with Gasteiger partial charge in [0, 0.05) is 24.1 Å². The van der Waals surface area contributed by atoms with Crippen molar-refractivity contribution < 1.29 is 14.6 Å². The molecule has 0 bridgehead atoms. The molecule has 32 heavy (non-hydrogen) atoms. The zero-order valence-electron chi connectivity index (χ0n) is 19.5. The molecule has 2 unspecified atom stereocenters. The molecule has 170 valence electrons. The molecule has 4 rings (SSSR count). The van der Waals surface area contributed by atoms with Crippen LogP contribution in [0.3, 0.4) is 0 Å². The van der Waals surface area contributed by atoms with Gasteiger partial charge in [-0.2, -0.15) is 0 Å². The highest BCUT2D eigenvalue weighted by atomic mass is 16.5. The number of rotatable bonds is 5. The van der Waals surface area contributed by atoms with E-state index in [0.717, 1.165) is 42.6 Å². The molecular formula is C28H35NO3. The average molecular weight is 434 g/mol. The summed E-state index contributed by atoms with van der Waals surface area (Å²) in [5, 5.41) is 11.5. The van der Waals surface area contributed by atoms with Crippen molar-refractivity contribution in [3.63, 3.8) is 0 Å². The van der Waals surface area contributed by atoms with Crippen LogP contribution in [0.25, 0.3) is 6.08 Å². The molecule has 3 atom stereocenters. The van der Waals surface area contributed by atoms with E-state index in [2.05, 4.69) is 38.1 Å². The van der Waals surface area contributed by atoms with Gasteiger partial charge in [0.1, 0.15) is 5.75 Å². The maximum absolute atomic E-state index is 13.4. The summed E-state index contributed by atoms with van der Waals surface area (Å²) in [5.41, 5.74) is 2.58. The molecular weight excluding hydrogens is 398 g/mol. The van der Waals surface area contributed by atoms with Crippen LogP contribution in [0.1, 0.15) is 74.6 Å². The van der Waals surface area contributed by atoms with Crippen molar-refractivity contribution in [2.24, 2.45) is 5.92 Å². The first-order chi connectivity index (χ1) is 15.4. The van der Waals surface area contributed by atoms with Gasteiger partial charge >= 0.3 is 0 Å². The highest BCUT2D eigenvalue weighted by Gasteiger charge is 2.50. The molecule has 1 heterocycles. The number of carbonyl (C=O) groups excluding carboxylic acids is 1. The van der Waals surface area contributed by atoms with Crippen LogP contribution in [0.2, 0.25) is 0 Å². The number of likely N-dealkylation sites (tertiary alicyclic amines) is 1. The van der Waals surface area contributed by atoms with Gasteiger partial charge in [0.15, 0.2) is 0 Å². The van der Waals surface area contributed by atoms with E-state index in [1.54, 1.807) is 13.2 Å². The van der Waals surface area contributed by atoms with Crippen LogP contribution in [-0.2, 0) is 4.79 Å². The highest BCUT2D eigenvalue weighted by molar-refractivity contribution is 5.92. The van der Waals surface area contributed by atoms with E-state index in [1.165, 1.54) is 5.56 Å². The number of ether oxygens (including phenoxy) is 1. The number of piperidine rings is 1. The van der Waals surface area contributed by atoms with Crippen molar-refractivity contribution in [3.05, 3.63) is 71.3 Å².